The van der Waals surface area contributed by atoms with Gasteiger partial charge in [-0.1, -0.05) is 20.8 Å². The van der Waals surface area contributed by atoms with Crippen LogP contribution < -0.4 is 5.32 Å². The largest absolute Gasteiger partial charge is 0.396 e. The quantitative estimate of drug-likeness (QED) is 0.720. The number of nitrogens with one attached hydrogen (secondary N) is 1. The number of aliphatic hydroxyl groups is 1. The molecule has 2 N–H and O–H groups in total. The van der Waals surface area contributed by atoms with E-state index in [1.807, 2.05) is 27.7 Å². The van der Waals surface area contributed by atoms with Crippen molar-refractivity contribution in [3.05, 3.63) is 0 Å². The van der Waals surface area contributed by atoms with Crippen molar-refractivity contribution in [3.8, 4) is 6.07 Å². The maximum absolute atomic E-state index is 12.0. The number of nitrogens with zero attached hydrogens (tertiary/aromatic N) is 1. The normalized spacial score (nSPS) is 15.0. The Kier molecular flexibility index (Phi) is 6.05. The van der Waals surface area contributed by atoms with Gasteiger partial charge in [-0.15, -0.1) is 0 Å². The predicted octanol–water partition coefficient (Wildman–Crippen LogP) is 1.45. The van der Waals surface area contributed by atoms with Gasteiger partial charge in [0.15, 0.2) is 0 Å². The Labute approximate surface area is 97.7 Å². The van der Waals surface area contributed by atoms with E-state index in [2.05, 4.69) is 11.4 Å². The second kappa shape index (κ2) is 6.49. The van der Waals surface area contributed by atoms with Crippen molar-refractivity contribution in [2.45, 2.75) is 46.6 Å². The van der Waals surface area contributed by atoms with Crippen molar-refractivity contribution in [1.29, 1.82) is 5.26 Å². The summed E-state index contributed by atoms with van der Waals surface area (Å²) in [5, 5.41) is 20.9. The molecular weight excluding hydrogens is 204 g/mol. The van der Waals surface area contributed by atoms with Gasteiger partial charge in [0.05, 0.1) is 6.07 Å². The highest BCUT2D eigenvalue weighted by Gasteiger charge is 2.35. The van der Waals surface area contributed by atoms with E-state index in [1.165, 1.54) is 0 Å². The first-order valence-corrected chi connectivity index (χ1v) is 5.80. The molecule has 0 aromatic carbocycles. The van der Waals surface area contributed by atoms with Crippen LogP contribution in [0, 0.1) is 22.7 Å². The third kappa shape index (κ3) is 3.21. The molecule has 0 rings (SSSR count). The van der Waals surface area contributed by atoms with Crippen LogP contribution in [-0.4, -0.2) is 23.7 Å². The molecule has 0 aromatic rings. The lowest BCUT2D eigenvalue weighted by Gasteiger charge is -2.27. The van der Waals surface area contributed by atoms with E-state index >= 15 is 0 Å². The van der Waals surface area contributed by atoms with Crippen LogP contribution in [-0.2, 0) is 4.79 Å². The summed E-state index contributed by atoms with van der Waals surface area (Å²) in [5.41, 5.74) is -0.927. The van der Waals surface area contributed by atoms with Crippen molar-refractivity contribution in [3.63, 3.8) is 0 Å². The molecule has 92 valence electrons. The van der Waals surface area contributed by atoms with Gasteiger partial charge in [-0.25, -0.2) is 0 Å². The highest BCUT2D eigenvalue weighted by Crippen LogP contribution is 2.25. The van der Waals surface area contributed by atoms with E-state index in [9.17, 15) is 4.79 Å². The van der Waals surface area contributed by atoms with Crippen LogP contribution in [0.2, 0.25) is 0 Å². The SMILES string of the molecule is CCC(C#N)(CC)C(=O)NC(C)C(C)CO. The monoisotopic (exact) mass is 226 g/mol. The Morgan fingerprint density at radius 2 is 1.94 bits per heavy atom. The number of nitriles is 1. The van der Waals surface area contributed by atoms with Crippen molar-refractivity contribution in [2.24, 2.45) is 11.3 Å². The standard InChI is InChI=1S/C12H22N2O2/c1-5-12(6-2,8-13)11(16)14-10(4)9(3)7-15/h9-10,15H,5-7H2,1-4H3,(H,14,16). The Morgan fingerprint density at radius 3 is 2.25 bits per heavy atom. The number of hydrogen-bond acceptors (Lipinski definition) is 3. The molecule has 0 radical (unpaired) electrons. The summed E-state index contributed by atoms with van der Waals surface area (Å²) in [4.78, 5) is 12.0. The lowest BCUT2D eigenvalue weighted by molar-refractivity contribution is -0.129. The van der Waals surface area contributed by atoms with Crippen molar-refractivity contribution in [1.82, 2.24) is 5.32 Å². The molecule has 2 atom stereocenters. The lowest BCUT2D eigenvalue weighted by Crippen LogP contribution is -2.46. The molecule has 1 amide bonds. The molecule has 0 aromatic heterocycles. The average molecular weight is 226 g/mol. The summed E-state index contributed by atoms with van der Waals surface area (Å²) in [7, 11) is 0. The molecule has 16 heavy (non-hydrogen) atoms. The zero-order valence-corrected chi connectivity index (χ0v) is 10.6. The predicted molar refractivity (Wildman–Crippen MR) is 62.5 cm³/mol. The maximum atomic E-state index is 12.0. The number of rotatable bonds is 6. The van der Waals surface area contributed by atoms with Crippen LogP contribution >= 0.6 is 0 Å². The Morgan fingerprint density at radius 1 is 1.44 bits per heavy atom. The maximum Gasteiger partial charge on any atom is 0.240 e. The van der Waals surface area contributed by atoms with Gasteiger partial charge in [0.1, 0.15) is 5.41 Å². The number of carbonyl (C=O) groups is 1. The van der Waals surface area contributed by atoms with E-state index in [0.717, 1.165) is 0 Å². The smallest absolute Gasteiger partial charge is 0.240 e. The third-order valence-electron chi connectivity index (χ3n) is 3.36. The molecule has 0 aliphatic carbocycles. The third-order valence-corrected chi connectivity index (χ3v) is 3.36. The summed E-state index contributed by atoms with van der Waals surface area (Å²) in [5.74, 6) is -0.234. The molecule has 4 heteroatoms. The number of aliphatic hydroxyl groups excluding tert-OH is 1. The first-order valence-electron chi connectivity index (χ1n) is 5.80. The lowest BCUT2D eigenvalue weighted by atomic mass is 9.82. The molecule has 2 unspecified atom stereocenters. The molecule has 0 saturated carbocycles. The van der Waals surface area contributed by atoms with Crippen molar-refractivity contribution in [2.75, 3.05) is 6.61 Å². The van der Waals surface area contributed by atoms with Crippen LogP contribution in [0.4, 0.5) is 0 Å². The summed E-state index contributed by atoms with van der Waals surface area (Å²) >= 11 is 0. The van der Waals surface area contributed by atoms with Gasteiger partial charge in [0.2, 0.25) is 5.91 Å². The fourth-order valence-corrected chi connectivity index (χ4v) is 1.43. The second-order valence-electron chi connectivity index (χ2n) is 4.32. The van der Waals surface area contributed by atoms with Gasteiger partial charge in [0.25, 0.3) is 0 Å². The molecule has 0 spiro atoms. The molecule has 4 nitrogen and oxygen atoms in total. The molecule has 0 aliphatic rings. The fraction of sp³-hybridized carbons (Fsp3) is 0.833. The minimum Gasteiger partial charge on any atom is -0.396 e. The van der Waals surface area contributed by atoms with Gasteiger partial charge in [-0.2, -0.15) is 5.26 Å². The molecular formula is C12H22N2O2. The number of amides is 1. The fourth-order valence-electron chi connectivity index (χ4n) is 1.43. The number of carbonyl (C=O) groups excluding carboxylic acids is 1. The Hall–Kier alpha value is -1.08. The van der Waals surface area contributed by atoms with Crippen LogP contribution in [0.1, 0.15) is 40.5 Å². The highest BCUT2D eigenvalue weighted by atomic mass is 16.3. The minimum atomic E-state index is -0.927. The van der Waals surface area contributed by atoms with E-state index in [1.54, 1.807) is 0 Å². The van der Waals surface area contributed by atoms with Gasteiger partial charge < -0.3 is 10.4 Å². The number of hydrogen-bond donors (Lipinski definition) is 2. The molecule has 0 saturated heterocycles. The first kappa shape index (κ1) is 14.9. The zero-order valence-electron chi connectivity index (χ0n) is 10.6. The Balaban J connectivity index is 4.62. The second-order valence-corrected chi connectivity index (χ2v) is 4.32. The van der Waals surface area contributed by atoms with Crippen LogP contribution in [0.3, 0.4) is 0 Å². The van der Waals surface area contributed by atoms with Crippen LogP contribution in [0.15, 0.2) is 0 Å². The highest BCUT2D eigenvalue weighted by molar-refractivity contribution is 5.85. The van der Waals surface area contributed by atoms with E-state index in [4.69, 9.17) is 10.4 Å². The summed E-state index contributed by atoms with van der Waals surface area (Å²) in [6.07, 6.45) is 1.01. The van der Waals surface area contributed by atoms with Crippen LogP contribution in [0.5, 0.6) is 0 Å². The molecule has 0 fully saturated rings. The van der Waals surface area contributed by atoms with Crippen molar-refractivity contribution >= 4 is 5.91 Å². The first-order chi connectivity index (χ1) is 7.47. The Bertz CT molecular complexity index is 267. The van der Waals surface area contributed by atoms with E-state index in [-0.39, 0.29) is 24.5 Å². The minimum absolute atomic E-state index is 0.00550. The zero-order chi connectivity index (χ0) is 12.8. The topological polar surface area (TPSA) is 73.1 Å². The molecule has 0 aliphatic heterocycles. The van der Waals surface area contributed by atoms with Crippen molar-refractivity contribution < 1.29 is 9.90 Å². The van der Waals surface area contributed by atoms with Gasteiger partial charge >= 0.3 is 0 Å². The van der Waals surface area contributed by atoms with E-state index < -0.39 is 5.41 Å². The van der Waals surface area contributed by atoms with Gasteiger partial charge in [0, 0.05) is 12.6 Å². The summed E-state index contributed by atoms with van der Waals surface area (Å²) in [6.45, 7) is 7.40. The summed E-state index contributed by atoms with van der Waals surface area (Å²) < 4.78 is 0. The molecule has 0 bridgehead atoms. The van der Waals surface area contributed by atoms with E-state index in [0.29, 0.717) is 12.8 Å². The average Bonchev–Trinajstić information content (AvgIpc) is 2.30. The molecule has 0 heterocycles. The summed E-state index contributed by atoms with van der Waals surface area (Å²) in [6, 6.07) is 1.98. The van der Waals surface area contributed by atoms with Gasteiger partial charge in [-0.05, 0) is 25.7 Å². The van der Waals surface area contributed by atoms with Crippen LogP contribution in [0.25, 0.3) is 0 Å². The van der Waals surface area contributed by atoms with Gasteiger partial charge in [-0.3, -0.25) is 4.79 Å².